The van der Waals surface area contributed by atoms with Gasteiger partial charge in [-0.1, -0.05) is 15.9 Å². The van der Waals surface area contributed by atoms with Crippen molar-refractivity contribution in [1.82, 2.24) is 5.32 Å². The van der Waals surface area contributed by atoms with Crippen LogP contribution in [0, 0.1) is 13.8 Å². The van der Waals surface area contributed by atoms with Gasteiger partial charge in [-0.3, -0.25) is 0 Å². The van der Waals surface area contributed by atoms with Crippen molar-refractivity contribution >= 4 is 21.6 Å². The van der Waals surface area contributed by atoms with Crippen LogP contribution in [0.2, 0.25) is 0 Å². The van der Waals surface area contributed by atoms with Crippen LogP contribution in [-0.2, 0) is 0 Å². The van der Waals surface area contributed by atoms with E-state index in [2.05, 4.69) is 59.2 Å². The second kappa shape index (κ2) is 5.40. The first-order valence-corrected chi connectivity index (χ1v) is 7.10. The van der Waals surface area contributed by atoms with E-state index < -0.39 is 0 Å². The summed E-state index contributed by atoms with van der Waals surface area (Å²) in [5.74, 6) is 0. The third-order valence-corrected chi connectivity index (χ3v) is 4.06. The predicted octanol–water partition coefficient (Wildman–Crippen LogP) is 3.25. The zero-order valence-electron chi connectivity index (χ0n) is 10.9. The fraction of sp³-hybridized carbons (Fsp3) is 0.571. The van der Waals surface area contributed by atoms with Crippen LogP contribution >= 0.6 is 15.9 Å². The van der Waals surface area contributed by atoms with Gasteiger partial charge < -0.3 is 10.2 Å². The summed E-state index contributed by atoms with van der Waals surface area (Å²) >= 11 is 3.57. The molecule has 0 aromatic heterocycles. The van der Waals surface area contributed by atoms with Gasteiger partial charge in [0.05, 0.1) is 0 Å². The number of piperidine rings is 1. The third-order valence-electron chi connectivity index (χ3n) is 3.60. The first-order chi connectivity index (χ1) is 8.11. The number of hydrogen-bond donors (Lipinski definition) is 1. The lowest BCUT2D eigenvalue weighted by atomic mass is 10.0. The van der Waals surface area contributed by atoms with Crippen molar-refractivity contribution in [3.8, 4) is 0 Å². The Kier molecular flexibility index (Phi) is 4.10. The second-order valence-electron chi connectivity index (χ2n) is 4.96. The quantitative estimate of drug-likeness (QED) is 0.901. The highest BCUT2D eigenvalue weighted by Crippen LogP contribution is 2.30. The maximum Gasteiger partial charge on any atom is 0.0426 e. The van der Waals surface area contributed by atoms with E-state index in [-0.39, 0.29) is 0 Å². The van der Waals surface area contributed by atoms with E-state index in [1.54, 1.807) is 0 Å². The third kappa shape index (κ3) is 2.83. The zero-order chi connectivity index (χ0) is 12.4. The predicted molar refractivity (Wildman–Crippen MR) is 77.9 cm³/mol. The fourth-order valence-corrected chi connectivity index (χ4v) is 3.50. The van der Waals surface area contributed by atoms with Crippen molar-refractivity contribution in [1.29, 1.82) is 0 Å². The monoisotopic (exact) mass is 296 g/mol. The lowest BCUT2D eigenvalue weighted by Gasteiger charge is -2.36. The van der Waals surface area contributed by atoms with Crippen molar-refractivity contribution in [3.05, 3.63) is 27.7 Å². The molecule has 1 aromatic carbocycles. The molecule has 0 amide bonds. The summed E-state index contributed by atoms with van der Waals surface area (Å²) in [5.41, 5.74) is 4.16. The molecule has 0 radical (unpaired) electrons. The van der Waals surface area contributed by atoms with Crippen LogP contribution in [0.1, 0.15) is 24.0 Å². The van der Waals surface area contributed by atoms with Gasteiger partial charge in [0.15, 0.2) is 0 Å². The number of likely N-dealkylation sites (N-methyl/N-ethyl adjacent to an activating group) is 1. The molecule has 17 heavy (non-hydrogen) atoms. The normalized spacial score (nSPS) is 20.7. The number of anilines is 1. The highest BCUT2D eigenvalue weighted by atomic mass is 79.9. The minimum absolute atomic E-state index is 0.631. The Hall–Kier alpha value is -0.540. The highest BCUT2D eigenvalue weighted by molar-refractivity contribution is 9.10. The van der Waals surface area contributed by atoms with E-state index in [1.807, 2.05) is 0 Å². The number of hydrogen-bond acceptors (Lipinski definition) is 2. The molecule has 1 atom stereocenters. The molecule has 0 saturated carbocycles. The number of rotatable bonds is 2. The smallest absolute Gasteiger partial charge is 0.0426 e. The van der Waals surface area contributed by atoms with E-state index in [0.29, 0.717) is 6.04 Å². The maximum atomic E-state index is 3.57. The van der Waals surface area contributed by atoms with Crippen LogP contribution in [0.15, 0.2) is 16.6 Å². The molecule has 1 aromatic rings. The number of nitrogens with zero attached hydrogens (tertiary/aromatic N) is 1. The molecule has 1 unspecified atom stereocenters. The average Bonchev–Trinajstić information content (AvgIpc) is 2.28. The van der Waals surface area contributed by atoms with E-state index in [4.69, 9.17) is 0 Å². The van der Waals surface area contributed by atoms with Crippen molar-refractivity contribution in [3.63, 3.8) is 0 Å². The fourth-order valence-electron chi connectivity index (χ4n) is 2.82. The van der Waals surface area contributed by atoms with Gasteiger partial charge in [-0.25, -0.2) is 0 Å². The van der Waals surface area contributed by atoms with Gasteiger partial charge >= 0.3 is 0 Å². The van der Waals surface area contributed by atoms with Crippen molar-refractivity contribution in [2.45, 2.75) is 32.7 Å². The van der Waals surface area contributed by atoms with Gasteiger partial charge in [0.2, 0.25) is 0 Å². The summed E-state index contributed by atoms with van der Waals surface area (Å²) in [6.45, 7) is 6.72. The lowest BCUT2D eigenvalue weighted by molar-refractivity contribution is 0.449. The molecule has 1 fully saturated rings. The number of halogens is 1. The molecular formula is C14H21BrN2. The molecule has 2 rings (SSSR count). The molecule has 2 nitrogen and oxygen atoms in total. The van der Waals surface area contributed by atoms with Crippen molar-refractivity contribution in [2.24, 2.45) is 0 Å². The van der Waals surface area contributed by atoms with Crippen molar-refractivity contribution in [2.75, 3.05) is 25.0 Å². The van der Waals surface area contributed by atoms with E-state index in [1.165, 1.54) is 40.7 Å². The summed E-state index contributed by atoms with van der Waals surface area (Å²) in [5, 5.41) is 3.40. The molecule has 1 aliphatic heterocycles. The maximum absolute atomic E-state index is 3.57. The van der Waals surface area contributed by atoms with Crippen LogP contribution < -0.4 is 10.2 Å². The van der Waals surface area contributed by atoms with Gasteiger partial charge in [0.25, 0.3) is 0 Å². The first-order valence-electron chi connectivity index (χ1n) is 6.30. The molecular weight excluding hydrogens is 276 g/mol. The second-order valence-corrected chi connectivity index (χ2v) is 5.88. The SMILES string of the molecule is CNC1CCCN(c2c(C)cc(Br)cc2C)C1. The largest absolute Gasteiger partial charge is 0.370 e. The molecule has 0 spiro atoms. The Morgan fingerprint density at radius 1 is 1.29 bits per heavy atom. The molecule has 0 aliphatic carbocycles. The van der Waals surface area contributed by atoms with E-state index >= 15 is 0 Å². The number of aryl methyl sites for hydroxylation is 2. The van der Waals surface area contributed by atoms with E-state index in [9.17, 15) is 0 Å². The molecule has 1 saturated heterocycles. The van der Waals surface area contributed by atoms with Crippen LogP contribution in [0.4, 0.5) is 5.69 Å². The Balaban J connectivity index is 2.27. The standard InChI is InChI=1S/C14H21BrN2/c1-10-7-12(15)8-11(2)14(10)17-6-4-5-13(9-17)16-3/h7-8,13,16H,4-6,9H2,1-3H3. The Morgan fingerprint density at radius 3 is 2.53 bits per heavy atom. The minimum atomic E-state index is 0.631. The summed E-state index contributed by atoms with van der Waals surface area (Å²) in [7, 11) is 2.06. The summed E-state index contributed by atoms with van der Waals surface area (Å²) < 4.78 is 1.18. The first kappa shape index (κ1) is 12.9. The molecule has 1 N–H and O–H groups in total. The molecule has 1 heterocycles. The molecule has 1 aliphatic rings. The highest BCUT2D eigenvalue weighted by Gasteiger charge is 2.21. The van der Waals surface area contributed by atoms with Crippen LogP contribution in [0.5, 0.6) is 0 Å². The summed E-state index contributed by atoms with van der Waals surface area (Å²) in [4.78, 5) is 2.53. The molecule has 0 bridgehead atoms. The number of benzene rings is 1. The van der Waals surface area contributed by atoms with Crippen LogP contribution in [-0.4, -0.2) is 26.2 Å². The van der Waals surface area contributed by atoms with Gasteiger partial charge in [-0.2, -0.15) is 0 Å². The Labute approximate surface area is 113 Å². The summed E-state index contributed by atoms with van der Waals surface area (Å²) in [6, 6.07) is 5.06. The van der Waals surface area contributed by atoms with Crippen molar-refractivity contribution < 1.29 is 0 Å². The van der Waals surface area contributed by atoms with Gasteiger partial charge in [-0.05, 0) is 57.0 Å². The molecule has 94 valence electrons. The Morgan fingerprint density at radius 2 is 1.94 bits per heavy atom. The topological polar surface area (TPSA) is 15.3 Å². The summed E-state index contributed by atoms with van der Waals surface area (Å²) in [6.07, 6.45) is 2.57. The van der Waals surface area contributed by atoms with Crippen LogP contribution in [0.25, 0.3) is 0 Å². The Bertz CT molecular complexity index is 380. The van der Waals surface area contributed by atoms with E-state index in [0.717, 1.165) is 6.54 Å². The lowest BCUT2D eigenvalue weighted by Crippen LogP contribution is -2.44. The van der Waals surface area contributed by atoms with Gasteiger partial charge in [0, 0.05) is 29.3 Å². The zero-order valence-corrected chi connectivity index (χ0v) is 12.5. The van der Waals surface area contributed by atoms with Gasteiger partial charge in [0.1, 0.15) is 0 Å². The minimum Gasteiger partial charge on any atom is -0.370 e. The molecule has 3 heteroatoms. The van der Waals surface area contributed by atoms with Crippen LogP contribution in [0.3, 0.4) is 0 Å². The van der Waals surface area contributed by atoms with Gasteiger partial charge in [-0.15, -0.1) is 0 Å². The number of nitrogens with one attached hydrogen (secondary N) is 1. The average molecular weight is 297 g/mol.